The minimum Gasteiger partial charge on any atom is -0.394 e. The molecule has 0 bridgehead atoms. The van der Waals surface area contributed by atoms with Gasteiger partial charge in [0.1, 0.15) is 0 Å². The van der Waals surface area contributed by atoms with Crippen molar-refractivity contribution in [2.24, 2.45) is 11.5 Å². The Bertz CT molecular complexity index is 117. The molecule has 7 heteroatoms. The summed E-state index contributed by atoms with van der Waals surface area (Å²) in [5.41, 5.74) is 8.50. The quantitative estimate of drug-likeness (QED) is 0.240. The fourth-order valence-corrected chi connectivity index (χ4v) is 0. The molecule has 0 heterocycles. The Morgan fingerprint density at radius 3 is 1.21 bits per heavy atom. The number of aliphatic hydroxyl groups excluding tert-OH is 2. The Kier molecular flexibility index (Phi) is 69.7. The van der Waals surface area contributed by atoms with Crippen LogP contribution in [0.3, 0.4) is 0 Å². The van der Waals surface area contributed by atoms with Gasteiger partial charge in [0.25, 0.3) is 0 Å². The van der Waals surface area contributed by atoms with Crippen molar-refractivity contribution >= 4 is 18.6 Å². The Morgan fingerprint density at radius 2 is 1.21 bits per heavy atom. The predicted molar refractivity (Wildman–Crippen MR) is 51.3 cm³/mol. The minimum atomic E-state index is -0.833. The van der Waals surface area contributed by atoms with Crippen LogP contribution in [0.4, 0.5) is 4.79 Å². The van der Waals surface area contributed by atoms with Gasteiger partial charge in [-0.15, -0.1) is 13.2 Å². The number of nitrogens with two attached hydrogens (primary N) is 2. The maximum atomic E-state index is 9.00. The predicted octanol–water partition coefficient (Wildman–Crippen LogP) is -1.82. The van der Waals surface area contributed by atoms with Crippen molar-refractivity contribution in [3.8, 4) is 0 Å². The molecular weight excluding hydrogens is 192 g/mol. The number of aliphatic hydroxyl groups is 2. The number of carbonyl (C=O) groups excluding carboxylic acids is 3. The van der Waals surface area contributed by atoms with Crippen molar-refractivity contribution in [1.29, 1.82) is 0 Å². The minimum absolute atomic E-state index is 0.125. The van der Waals surface area contributed by atoms with Gasteiger partial charge in [0.15, 0.2) is 12.6 Å². The van der Waals surface area contributed by atoms with E-state index in [-0.39, 0.29) is 25.8 Å². The molecule has 7 nitrogen and oxygen atoms in total. The number of rotatable bonds is 2. The molecule has 0 aliphatic heterocycles. The lowest BCUT2D eigenvalue weighted by molar-refractivity contribution is -0.122. The van der Waals surface area contributed by atoms with E-state index in [1.165, 1.54) is 0 Å². The molecular formula is C7H16N2O5. The van der Waals surface area contributed by atoms with E-state index in [4.69, 9.17) is 24.6 Å². The first-order valence-corrected chi connectivity index (χ1v) is 3.22. The van der Waals surface area contributed by atoms with Crippen molar-refractivity contribution in [3.63, 3.8) is 0 Å². The van der Waals surface area contributed by atoms with Gasteiger partial charge in [0.05, 0.1) is 13.2 Å². The number of aldehydes is 2. The van der Waals surface area contributed by atoms with Crippen LogP contribution in [0.2, 0.25) is 0 Å². The summed E-state index contributed by atoms with van der Waals surface area (Å²) in [6.07, 6.45) is 0.389. The highest BCUT2D eigenvalue weighted by Crippen LogP contribution is 1.39. The van der Waals surface area contributed by atoms with E-state index < -0.39 is 6.03 Å². The van der Waals surface area contributed by atoms with Crippen LogP contribution in [-0.2, 0) is 9.59 Å². The monoisotopic (exact) mass is 208 g/mol. The highest BCUT2D eigenvalue weighted by Gasteiger charge is 1.60. The van der Waals surface area contributed by atoms with Crippen molar-refractivity contribution in [1.82, 2.24) is 0 Å². The largest absolute Gasteiger partial charge is 0.394 e. The van der Waals surface area contributed by atoms with Crippen LogP contribution < -0.4 is 11.5 Å². The molecule has 6 N–H and O–H groups in total. The molecule has 0 saturated carbocycles. The highest BCUT2D eigenvalue weighted by molar-refractivity contribution is 6.09. The van der Waals surface area contributed by atoms with Crippen LogP contribution in [0, 0.1) is 0 Å². The van der Waals surface area contributed by atoms with E-state index in [0.717, 1.165) is 0 Å². The molecule has 2 amide bonds. The van der Waals surface area contributed by atoms with Crippen LogP contribution in [0.15, 0.2) is 13.2 Å². The zero-order chi connectivity index (χ0) is 12.4. The molecule has 14 heavy (non-hydrogen) atoms. The second-order valence-corrected chi connectivity index (χ2v) is 1.12. The first-order valence-electron chi connectivity index (χ1n) is 3.22. The molecule has 0 aliphatic rings. The smallest absolute Gasteiger partial charge is 0.309 e. The van der Waals surface area contributed by atoms with Crippen LogP contribution in [0.1, 0.15) is 0 Å². The molecule has 0 unspecified atom stereocenters. The van der Waals surface area contributed by atoms with Gasteiger partial charge in [0, 0.05) is 0 Å². The third kappa shape index (κ3) is 12100. The number of urea groups is 1. The standard InChI is InChI=1S/C2H6O2.C2H2O2.C2H4.CH4N2O/c2*3-1-2-4;1-2;2-1(3)4/h3-4H,1-2H2;1-2H;1-2H2;(H4,2,3,4). The molecule has 0 rings (SSSR count). The molecule has 0 fully saturated rings. The lowest BCUT2D eigenvalue weighted by Gasteiger charge is -1.70. The van der Waals surface area contributed by atoms with Crippen molar-refractivity contribution < 1.29 is 24.6 Å². The van der Waals surface area contributed by atoms with Gasteiger partial charge < -0.3 is 21.7 Å². The lowest BCUT2D eigenvalue weighted by atomic mass is 10.8. The lowest BCUT2D eigenvalue weighted by Crippen LogP contribution is -2.18. The average molecular weight is 208 g/mol. The summed E-state index contributed by atoms with van der Waals surface area (Å²) in [6, 6.07) is -0.833. The number of primary amides is 2. The number of carbonyl (C=O) groups is 3. The molecule has 0 saturated heterocycles. The van der Waals surface area contributed by atoms with E-state index in [9.17, 15) is 0 Å². The first kappa shape index (κ1) is 22.8. The van der Waals surface area contributed by atoms with Crippen LogP contribution in [-0.4, -0.2) is 42.0 Å². The van der Waals surface area contributed by atoms with Gasteiger partial charge in [-0.05, 0) is 0 Å². The van der Waals surface area contributed by atoms with Gasteiger partial charge >= 0.3 is 6.03 Å². The second-order valence-electron chi connectivity index (χ2n) is 1.12. The van der Waals surface area contributed by atoms with E-state index >= 15 is 0 Å². The summed E-state index contributed by atoms with van der Waals surface area (Å²) in [5.74, 6) is 0. The van der Waals surface area contributed by atoms with Gasteiger partial charge in [-0.2, -0.15) is 0 Å². The molecule has 84 valence electrons. The molecule has 0 radical (unpaired) electrons. The summed E-state index contributed by atoms with van der Waals surface area (Å²) < 4.78 is 0. The Labute approximate surface area is 82.0 Å². The first-order chi connectivity index (χ1) is 6.56. The second kappa shape index (κ2) is 42.8. The van der Waals surface area contributed by atoms with E-state index in [2.05, 4.69) is 24.6 Å². The van der Waals surface area contributed by atoms with Crippen molar-refractivity contribution in [3.05, 3.63) is 13.2 Å². The summed E-state index contributed by atoms with van der Waals surface area (Å²) >= 11 is 0. The molecule has 0 aliphatic carbocycles. The zero-order valence-electron chi connectivity index (χ0n) is 7.76. The summed E-state index contributed by atoms with van der Waals surface area (Å²) in [7, 11) is 0. The third-order valence-corrected chi connectivity index (χ3v) is 0.156. The maximum absolute atomic E-state index is 9.00. The number of amides is 2. The third-order valence-electron chi connectivity index (χ3n) is 0.156. The Balaban J connectivity index is -0.0000000492. The zero-order valence-corrected chi connectivity index (χ0v) is 7.76. The van der Waals surface area contributed by atoms with Crippen LogP contribution >= 0.6 is 0 Å². The normalized spacial score (nSPS) is 5.57. The molecule has 0 aromatic rings. The average Bonchev–Trinajstić information content (AvgIpc) is 2.20. The maximum Gasteiger partial charge on any atom is 0.309 e. The highest BCUT2D eigenvalue weighted by atomic mass is 16.3. The van der Waals surface area contributed by atoms with E-state index in [1.807, 2.05) is 0 Å². The molecule has 0 spiro atoms. The van der Waals surface area contributed by atoms with E-state index in [1.54, 1.807) is 0 Å². The SMILES string of the molecule is C=C.NC(N)=O.O=CC=O.OCCO. The molecule has 0 aromatic carbocycles. The molecule has 0 atom stereocenters. The summed E-state index contributed by atoms with van der Waals surface area (Å²) in [4.78, 5) is 26.6. The number of hydrogen-bond acceptors (Lipinski definition) is 5. The number of hydrogen-bond donors (Lipinski definition) is 4. The van der Waals surface area contributed by atoms with E-state index in [0.29, 0.717) is 0 Å². The topological polar surface area (TPSA) is 144 Å². The Morgan fingerprint density at radius 1 is 1.07 bits per heavy atom. The fraction of sp³-hybridized carbons (Fsp3) is 0.286. The van der Waals surface area contributed by atoms with Gasteiger partial charge in [-0.25, -0.2) is 4.79 Å². The van der Waals surface area contributed by atoms with Crippen LogP contribution in [0.25, 0.3) is 0 Å². The fourth-order valence-electron chi connectivity index (χ4n) is 0. The van der Waals surface area contributed by atoms with Gasteiger partial charge in [-0.1, -0.05) is 0 Å². The van der Waals surface area contributed by atoms with Crippen LogP contribution in [0.5, 0.6) is 0 Å². The Hall–Kier alpha value is -1.73. The summed E-state index contributed by atoms with van der Waals surface area (Å²) in [6.45, 7) is 5.75. The van der Waals surface area contributed by atoms with Crippen molar-refractivity contribution in [2.45, 2.75) is 0 Å². The van der Waals surface area contributed by atoms with Gasteiger partial charge in [0.2, 0.25) is 0 Å². The molecule has 0 aromatic heterocycles. The van der Waals surface area contributed by atoms with Crippen molar-refractivity contribution in [2.75, 3.05) is 13.2 Å². The summed E-state index contributed by atoms with van der Waals surface area (Å²) in [5, 5.41) is 15.2. The van der Waals surface area contributed by atoms with Gasteiger partial charge in [-0.3, -0.25) is 9.59 Å².